The predicted molar refractivity (Wildman–Crippen MR) is 125 cm³/mol. The predicted octanol–water partition coefficient (Wildman–Crippen LogP) is 5.81. The molecular formula is C26H20F3NO5. The molecule has 0 fully saturated rings. The van der Waals surface area contributed by atoms with Crippen LogP contribution in [0.25, 0.3) is 22.3 Å². The number of rotatable bonds is 6. The highest BCUT2D eigenvalue weighted by Gasteiger charge is 2.30. The molecule has 4 rings (SSSR count). The number of carbonyl (C=O) groups is 1. The number of aryl methyl sites for hydroxylation is 1. The van der Waals surface area contributed by atoms with Gasteiger partial charge in [0.05, 0.1) is 18.1 Å². The van der Waals surface area contributed by atoms with E-state index < -0.39 is 29.7 Å². The van der Waals surface area contributed by atoms with Gasteiger partial charge in [-0.05, 0) is 61.5 Å². The number of alkyl halides is 3. The van der Waals surface area contributed by atoms with Gasteiger partial charge in [0.25, 0.3) is 5.91 Å². The topological polar surface area (TPSA) is 77.8 Å². The van der Waals surface area contributed by atoms with E-state index in [-0.39, 0.29) is 22.6 Å². The second-order valence-electron chi connectivity index (χ2n) is 7.73. The Labute approximate surface area is 197 Å². The zero-order valence-corrected chi connectivity index (χ0v) is 18.7. The fourth-order valence-electron chi connectivity index (χ4n) is 3.46. The summed E-state index contributed by atoms with van der Waals surface area (Å²) < 4.78 is 55.5. The van der Waals surface area contributed by atoms with Crippen molar-refractivity contribution in [3.63, 3.8) is 0 Å². The third-order valence-electron chi connectivity index (χ3n) is 5.18. The summed E-state index contributed by atoms with van der Waals surface area (Å²) in [4.78, 5) is 25.7. The molecule has 6 nitrogen and oxygen atoms in total. The van der Waals surface area contributed by atoms with Gasteiger partial charge in [0.1, 0.15) is 11.3 Å². The van der Waals surface area contributed by atoms with Crippen molar-refractivity contribution in [3.8, 4) is 22.8 Å². The maximum absolute atomic E-state index is 13.3. The number of anilines is 1. The Hall–Kier alpha value is -4.27. The van der Waals surface area contributed by atoms with Crippen molar-refractivity contribution in [1.29, 1.82) is 0 Å². The first kappa shape index (κ1) is 23.9. The van der Waals surface area contributed by atoms with Crippen LogP contribution >= 0.6 is 0 Å². The minimum absolute atomic E-state index is 0.0510. The van der Waals surface area contributed by atoms with E-state index in [1.54, 1.807) is 42.5 Å². The number of amides is 1. The first-order chi connectivity index (χ1) is 16.7. The van der Waals surface area contributed by atoms with Crippen LogP contribution in [0.1, 0.15) is 11.1 Å². The van der Waals surface area contributed by atoms with Gasteiger partial charge in [0.2, 0.25) is 11.2 Å². The molecule has 0 saturated heterocycles. The molecule has 4 aromatic rings. The fourth-order valence-corrected chi connectivity index (χ4v) is 3.46. The van der Waals surface area contributed by atoms with Gasteiger partial charge < -0.3 is 19.2 Å². The number of hydrogen-bond acceptors (Lipinski definition) is 5. The first-order valence-electron chi connectivity index (χ1n) is 10.5. The molecule has 3 aromatic carbocycles. The highest BCUT2D eigenvalue weighted by Crippen LogP contribution is 2.33. The number of fused-ring (bicyclic) bond motifs is 1. The maximum atomic E-state index is 13.3. The lowest BCUT2D eigenvalue weighted by Gasteiger charge is -2.13. The number of ether oxygens (including phenoxy) is 2. The normalized spacial score (nSPS) is 11.3. The van der Waals surface area contributed by atoms with Crippen LogP contribution < -0.4 is 20.2 Å². The number of benzene rings is 3. The van der Waals surface area contributed by atoms with Crippen molar-refractivity contribution < 1.29 is 31.9 Å². The van der Waals surface area contributed by atoms with Crippen LogP contribution in [0.3, 0.4) is 0 Å². The van der Waals surface area contributed by atoms with Crippen LogP contribution in [-0.4, -0.2) is 19.6 Å². The Balaban J connectivity index is 1.65. The van der Waals surface area contributed by atoms with Gasteiger partial charge in [-0.3, -0.25) is 9.59 Å². The van der Waals surface area contributed by atoms with Gasteiger partial charge in [0.15, 0.2) is 12.4 Å². The van der Waals surface area contributed by atoms with Crippen molar-refractivity contribution in [2.45, 2.75) is 13.1 Å². The van der Waals surface area contributed by atoms with Gasteiger partial charge in [-0.1, -0.05) is 17.7 Å². The molecule has 1 N–H and O–H groups in total. The molecule has 0 aliphatic rings. The molecule has 35 heavy (non-hydrogen) atoms. The van der Waals surface area contributed by atoms with Crippen molar-refractivity contribution in [2.75, 3.05) is 19.0 Å². The second-order valence-corrected chi connectivity index (χ2v) is 7.73. The molecule has 0 radical (unpaired) electrons. The molecule has 1 heterocycles. The number of hydrogen-bond donors (Lipinski definition) is 1. The molecule has 0 aliphatic carbocycles. The summed E-state index contributed by atoms with van der Waals surface area (Å²) in [5.41, 5.74) is 0.252. The van der Waals surface area contributed by atoms with Crippen molar-refractivity contribution in [3.05, 3.63) is 88.1 Å². The van der Waals surface area contributed by atoms with E-state index in [2.05, 4.69) is 5.32 Å². The van der Waals surface area contributed by atoms with Crippen LogP contribution in [0.15, 0.2) is 75.9 Å². The maximum Gasteiger partial charge on any atom is 0.416 e. The molecule has 0 atom stereocenters. The lowest BCUT2D eigenvalue weighted by molar-refractivity contribution is -0.137. The van der Waals surface area contributed by atoms with Gasteiger partial charge >= 0.3 is 6.18 Å². The van der Waals surface area contributed by atoms with Gasteiger partial charge in [0, 0.05) is 11.3 Å². The Morgan fingerprint density at radius 1 is 1.03 bits per heavy atom. The number of methoxy groups -OCH3 is 1. The molecule has 0 bridgehead atoms. The lowest BCUT2D eigenvalue weighted by Crippen LogP contribution is -2.23. The Morgan fingerprint density at radius 3 is 2.46 bits per heavy atom. The smallest absolute Gasteiger partial charge is 0.416 e. The highest BCUT2D eigenvalue weighted by atomic mass is 19.4. The standard InChI is InChI=1S/C26H20F3NO5/c1-15-6-11-21-20(12-15)23(32)25(24(35-21)16-7-9-19(33-2)10-8-16)34-14-22(31)30-18-5-3-4-17(13-18)26(27,28)29/h3-13H,14H2,1-2H3,(H,30,31). The van der Waals surface area contributed by atoms with Crippen molar-refractivity contribution in [2.24, 2.45) is 0 Å². The molecular weight excluding hydrogens is 463 g/mol. The molecule has 0 saturated carbocycles. The van der Waals surface area contributed by atoms with Crippen LogP contribution in [-0.2, 0) is 11.0 Å². The van der Waals surface area contributed by atoms with Crippen molar-refractivity contribution in [1.82, 2.24) is 0 Å². The summed E-state index contributed by atoms with van der Waals surface area (Å²) in [6.07, 6.45) is -4.55. The third-order valence-corrected chi connectivity index (χ3v) is 5.18. The van der Waals surface area contributed by atoms with E-state index in [9.17, 15) is 22.8 Å². The second kappa shape index (κ2) is 9.54. The van der Waals surface area contributed by atoms with E-state index in [4.69, 9.17) is 13.9 Å². The average molecular weight is 483 g/mol. The molecule has 180 valence electrons. The van der Waals surface area contributed by atoms with E-state index in [0.717, 1.165) is 17.7 Å². The van der Waals surface area contributed by atoms with E-state index in [1.165, 1.54) is 19.2 Å². The van der Waals surface area contributed by atoms with Crippen LogP contribution in [0.2, 0.25) is 0 Å². The monoisotopic (exact) mass is 483 g/mol. The van der Waals surface area contributed by atoms with E-state index >= 15 is 0 Å². The summed E-state index contributed by atoms with van der Waals surface area (Å²) in [6, 6.07) is 16.0. The SMILES string of the molecule is COc1ccc(-c2oc3ccc(C)cc3c(=O)c2OCC(=O)Nc2cccc(C(F)(F)F)c2)cc1. The Bertz CT molecular complexity index is 1440. The minimum atomic E-state index is -4.55. The highest BCUT2D eigenvalue weighted by molar-refractivity contribution is 5.92. The summed E-state index contributed by atoms with van der Waals surface area (Å²) in [5, 5.41) is 2.63. The summed E-state index contributed by atoms with van der Waals surface area (Å²) in [7, 11) is 1.52. The number of nitrogens with one attached hydrogen (secondary N) is 1. The summed E-state index contributed by atoms with van der Waals surface area (Å²) >= 11 is 0. The lowest BCUT2D eigenvalue weighted by atomic mass is 10.1. The van der Waals surface area contributed by atoms with Crippen molar-refractivity contribution >= 4 is 22.6 Å². The molecule has 1 amide bonds. The van der Waals surface area contributed by atoms with Crippen LogP contribution in [0.4, 0.5) is 18.9 Å². The molecule has 0 unspecified atom stereocenters. The third kappa shape index (κ3) is 5.29. The van der Waals surface area contributed by atoms with E-state index in [1.807, 2.05) is 6.92 Å². The Kier molecular flexibility index (Phi) is 6.50. The van der Waals surface area contributed by atoms with E-state index in [0.29, 0.717) is 16.9 Å². The molecule has 0 spiro atoms. The van der Waals surface area contributed by atoms with Gasteiger partial charge in [-0.15, -0.1) is 0 Å². The first-order valence-corrected chi connectivity index (χ1v) is 10.5. The zero-order valence-electron chi connectivity index (χ0n) is 18.7. The molecule has 9 heteroatoms. The average Bonchev–Trinajstić information content (AvgIpc) is 2.83. The number of carbonyl (C=O) groups excluding carboxylic acids is 1. The largest absolute Gasteiger partial charge is 0.497 e. The molecule has 0 aliphatic heterocycles. The number of halogens is 3. The fraction of sp³-hybridized carbons (Fsp3) is 0.154. The van der Waals surface area contributed by atoms with Crippen LogP contribution in [0.5, 0.6) is 11.5 Å². The van der Waals surface area contributed by atoms with Gasteiger partial charge in [-0.25, -0.2) is 0 Å². The Morgan fingerprint density at radius 2 is 1.77 bits per heavy atom. The summed E-state index contributed by atoms with van der Waals surface area (Å²) in [6.45, 7) is 1.20. The minimum Gasteiger partial charge on any atom is -0.497 e. The zero-order chi connectivity index (χ0) is 25.2. The quantitative estimate of drug-likeness (QED) is 0.374. The van der Waals surface area contributed by atoms with Gasteiger partial charge in [-0.2, -0.15) is 13.2 Å². The molecule has 1 aromatic heterocycles. The van der Waals surface area contributed by atoms with Crippen LogP contribution in [0, 0.1) is 6.92 Å². The summed E-state index contributed by atoms with van der Waals surface area (Å²) in [5.74, 6) is -0.225.